The molecule has 0 aliphatic carbocycles. The molecule has 0 saturated heterocycles. The van der Waals surface area contributed by atoms with Crippen LogP contribution in [0.2, 0.25) is 0 Å². The number of benzene rings is 3. The third-order valence-electron chi connectivity index (χ3n) is 8.26. The molecule has 6 rings (SSSR count). The third-order valence-corrected chi connectivity index (χ3v) is 8.26. The van der Waals surface area contributed by atoms with Crippen LogP contribution in [0.3, 0.4) is 0 Å². The van der Waals surface area contributed by atoms with E-state index < -0.39 is 11.8 Å². The van der Waals surface area contributed by atoms with E-state index in [9.17, 15) is 10.0 Å². The van der Waals surface area contributed by atoms with Gasteiger partial charge in [0.25, 0.3) is 5.91 Å². The zero-order chi connectivity index (χ0) is 37.4. The molecule has 284 valence electrons. The maximum Gasteiger partial charge on any atom is 0.257 e. The van der Waals surface area contributed by atoms with Gasteiger partial charge in [0.15, 0.2) is 29.1 Å². The second-order valence-corrected chi connectivity index (χ2v) is 13.1. The summed E-state index contributed by atoms with van der Waals surface area (Å²) in [6.07, 6.45) is 0.840. The fourth-order valence-corrected chi connectivity index (χ4v) is 5.17. The summed E-state index contributed by atoms with van der Waals surface area (Å²) in [4.78, 5) is 24.8. The van der Waals surface area contributed by atoms with Crippen molar-refractivity contribution in [1.82, 2.24) is 20.0 Å². The molecule has 0 aliphatic rings. The van der Waals surface area contributed by atoms with E-state index in [1.165, 1.54) is 18.2 Å². The van der Waals surface area contributed by atoms with E-state index in [0.29, 0.717) is 22.6 Å². The Morgan fingerprint density at radius 1 is 0.604 bits per heavy atom. The molecule has 1 amide bonds. The van der Waals surface area contributed by atoms with Gasteiger partial charge < -0.3 is 13.3 Å². The normalized spacial score (nSPS) is 11.0. The van der Waals surface area contributed by atoms with Crippen LogP contribution in [0, 0.1) is 117 Å². The molecule has 1 N–H and O–H groups in total. The van der Waals surface area contributed by atoms with Crippen molar-refractivity contribution < 1.29 is 98.7 Å². The van der Waals surface area contributed by atoms with Crippen LogP contribution in [-0.4, -0.2) is 38.2 Å². The Morgan fingerprint density at radius 3 is 1.26 bits per heavy atom. The Kier molecular flexibility index (Phi) is 18.7. The number of likely N-dealkylation sites (N-methyl/N-ethyl adjacent to an activating group) is 1. The van der Waals surface area contributed by atoms with Crippen molar-refractivity contribution in [2.24, 2.45) is 0 Å². The van der Waals surface area contributed by atoms with Gasteiger partial charge in [-0.15, -0.1) is 0 Å². The van der Waals surface area contributed by atoms with Gasteiger partial charge in [-0.2, -0.15) is 0 Å². The molecule has 0 radical (unpaired) electrons. The van der Waals surface area contributed by atoms with Crippen LogP contribution in [0.4, 0.5) is 0 Å². The first-order valence-electron chi connectivity index (χ1n) is 17.3. The standard InChI is InChI=1S/C15H18N2O3.C14H17NO.C13H15NO.2Ar/c1-9-5-7-12(8-6-9)13-11(3)16-14(20-13)10(2)15(18)17(4)19;1-9(2)14-15-11(4)13(16-14)12-7-5-10(3)6-8-12;1-4-12-14-10(3)13(15-12)11-7-5-9(2)6-8-11;;/h5-8,10,19H,1-4H3;5-9H,1-4H3;5-8H,4H2,1-3H3;;. The van der Waals surface area contributed by atoms with Gasteiger partial charge in [-0.25, -0.2) is 20.0 Å². The van der Waals surface area contributed by atoms with Gasteiger partial charge in [0.1, 0.15) is 5.92 Å². The van der Waals surface area contributed by atoms with Gasteiger partial charge in [0.2, 0.25) is 5.89 Å². The summed E-state index contributed by atoms with van der Waals surface area (Å²) >= 11 is 0. The Balaban J connectivity index is 0.000000273. The number of amides is 1. The van der Waals surface area contributed by atoms with Crippen LogP contribution in [0.5, 0.6) is 0 Å². The van der Waals surface area contributed by atoms with Crippen molar-refractivity contribution in [2.75, 3.05) is 7.05 Å². The van der Waals surface area contributed by atoms with Crippen molar-refractivity contribution in [1.29, 1.82) is 0 Å². The van der Waals surface area contributed by atoms with Crippen LogP contribution in [0.25, 0.3) is 34.0 Å². The largest absolute Gasteiger partial charge is 0.440 e. The number of rotatable bonds is 7. The number of nitrogens with zero attached hydrogens (tertiary/aromatic N) is 4. The van der Waals surface area contributed by atoms with Crippen LogP contribution >= 0.6 is 0 Å². The number of hydrogen-bond donors (Lipinski definition) is 1. The van der Waals surface area contributed by atoms with Gasteiger partial charge in [-0.3, -0.25) is 10.0 Å². The summed E-state index contributed by atoms with van der Waals surface area (Å²) in [5.41, 5.74) is 9.46. The Labute approximate surface area is 373 Å². The van der Waals surface area contributed by atoms with Gasteiger partial charge in [0.05, 0.1) is 17.1 Å². The van der Waals surface area contributed by atoms with Crippen LogP contribution in [-0.2, 0) is 11.2 Å². The monoisotopic (exact) mass is 770 g/mol. The van der Waals surface area contributed by atoms with E-state index in [4.69, 9.17) is 13.3 Å². The molecule has 3 aromatic heterocycles. The molecule has 1 unspecified atom stereocenters. The van der Waals surface area contributed by atoms with Crippen LogP contribution < -0.4 is 0 Å². The molecular formula is C42H50Ar2N4O5. The van der Waals surface area contributed by atoms with Crippen molar-refractivity contribution in [2.45, 2.75) is 87.5 Å². The minimum absolute atomic E-state index is 0. The van der Waals surface area contributed by atoms with Gasteiger partial charge in [-0.05, 0) is 48.5 Å². The molecule has 9 nitrogen and oxygen atoms in total. The maximum atomic E-state index is 11.7. The van der Waals surface area contributed by atoms with E-state index in [1.54, 1.807) is 6.92 Å². The Hall–Kier alpha value is -2.76. The smallest absolute Gasteiger partial charge is 0.257 e. The number of aromatic nitrogens is 3. The molecule has 0 bridgehead atoms. The number of hydrogen-bond acceptors (Lipinski definition) is 8. The average Bonchev–Trinajstić information content (AvgIpc) is 3.81. The molecule has 0 saturated carbocycles. The molecule has 0 spiro atoms. The summed E-state index contributed by atoms with van der Waals surface area (Å²) in [7, 11) is 1.29. The number of oxazole rings is 3. The summed E-state index contributed by atoms with van der Waals surface area (Å²) < 4.78 is 17.2. The first-order valence-corrected chi connectivity index (χ1v) is 17.3. The van der Waals surface area contributed by atoms with Crippen LogP contribution in [0.1, 0.15) is 91.0 Å². The number of carbonyl (C=O) groups excluding carboxylic acids is 1. The van der Waals surface area contributed by atoms with E-state index in [-0.39, 0.29) is 75.5 Å². The Bertz CT molecular complexity index is 2030. The van der Waals surface area contributed by atoms with Crippen LogP contribution in [0.15, 0.2) is 86.0 Å². The minimum Gasteiger partial charge on any atom is -0.440 e. The van der Waals surface area contributed by atoms with Crippen molar-refractivity contribution in [3.8, 4) is 34.0 Å². The average molecular weight is 771 g/mol. The van der Waals surface area contributed by atoms with Crippen molar-refractivity contribution in [3.05, 3.63) is 124 Å². The Morgan fingerprint density at radius 2 is 0.943 bits per heavy atom. The molecule has 11 heteroatoms. The molecule has 0 fully saturated rings. The molecule has 6 aromatic rings. The summed E-state index contributed by atoms with van der Waals surface area (Å²) in [5, 5.41) is 9.74. The van der Waals surface area contributed by atoms with E-state index >= 15 is 0 Å². The topological polar surface area (TPSA) is 119 Å². The quantitative estimate of drug-likeness (QED) is 0.126. The van der Waals surface area contributed by atoms with Gasteiger partial charge >= 0.3 is 0 Å². The summed E-state index contributed by atoms with van der Waals surface area (Å²) in [6.45, 7) is 19.9. The second kappa shape index (κ2) is 21.4. The number of carbonyl (C=O) groups is 1. The molecule has 3 heterocycles. The fourth-order valence-electron chi connectivity index (χ4n) is 5.17. The fraction of sp³-hybridized carbons (Fsp3) is 0.333. The van der Waals surface area contributed by atoms with Gasteiger partial charge in [0, 0.05) is 112 Å². The zero-order valence-electron chi connectivity index (χ0n) is 32.4. The second-order valence-electron chi connectivity index (χ2n) is 13.1. The van der Waals surface area contributed by atoms with E-state index in [1.807, 2.05) is 58.9 Å². The SMILES string of the molecule is CCc1nc(C)c(-c2ccc(C)cc2)o1.Cc1ccc(-c2oc(C(C)C(=O)N(C)O)nc2C)cc1.Cc1ccc(-c2oc(C(C)C)nc2C)cc1.[Ar].[Ar]. The maximum absolute atomic E-state index is 11.7. The van der Waals surface area contributed by atoms with E-state index in [0.717, 1.165) is 69.1 Å². The predicted molar refractivity (Wildman–Crippen MR) is 201 cm³/mol. The van der Waals surface area contributed by atoms with Crippen molar-refractivity contribution in [3.63, 3.8) is 0 Å². The zero-order valence-corrected chi connectivity index (χ0v) is 33.8. The molecule has 0 aliphatic heterocycles. The van der Waals surface area contributed by atoms with Crippen molar-refractivity contribution >= 4 is 5.91 Å². The number of hydroxylamine groups is 2. The van der Waals surface area contributed by atoms with E-state index in [2.05, 4.69) is 91.2 Å². The molecule has 3 aromatic carbocycles. The minimum atomic E-state index is -0.622. The number of aryl methyl sites for hydroxylation is 7. The summed E-state index contributed by atoms with van der Waals surface area (Å²) in [5.74, 6) is 3.62. The predicted octanol–water partition coefficient (Wildman–Crippen LogP) is 10.5. The first kappa shape index (κ1) is 46.4. The summed E-state index contributed by atoms with van der Waals surface area (Å²) in [6, 6.07) is 24.5. The first-order chi connectivity index (χ1) is 24.2. The molecule has 53 heavy (non-hydrogen) atoms. The third kappa shape index (κ3) is 12.6. The molecular weight excluding hydrogens is 720 g/mol. The van der Waals surface area contributed by atoms with Gasteiger partial charge in [-0.1, -0.05) is 110 Å². The molecule has 1 atom stereocenters.